The van der Waals surface area contributed by atoms with Gasteiger partial charge in [0.25, 0.3) is 0 Å². The Labute approximate surface area is 99.4 Å². The number of aryl methyl sites for hydroxylation is 1. The third-order valence-corrected chi connectivity index (χ3v) is 3.34. The molecule has 0 atom stereocenters. The highest BCUT2D eigenvalue weighted by atomic mass is 16.5. The number of hydrogen-bond acceptors (Lipinski definition) is 2. The van der Waals surface area contributed by atoms with Crippen LogP contribution in [0.2, 0.25) is 0 Å². The molecular formula is C14H15NO2. The first kappa shape index (κ1) is 10.4. The van der Waals surface area contributed by atoms with Crippen LogP contribution in [-0.2, 0) is 6.42 Å². The maximum Gasteiger partial charge on any atom is 0.248 e. The van der Waals surface area contributed by atoms with E-state index in [1.807, 2.05) is 18.2 Å². The Bertz CT molecular complexity index is 640. The summed E-state index contributed by atoms with van der Waals surface area (Å²) in [6, 6.07) is 7.32. The number of H-pyrrole nitrogens is 1. The lowest BCUT2D eigenvalue weighted by molar-refractivity contribution is 0.0853. The topological polar surface area (TPSA) is 42.1 Å². The van der Waals surface area contributed by atoms with Gasteiger partial charge in [0, 0.05) is 22.5 Å². The van der Waals surface area contributed by atoms with Gasteiger partial charge in [0.1, 0.15) is 11.4 Å². The van der Waals surface area contributed by atoms with Gasteiger partial charge in [-0.2, -0.15) is 0 Å². The molecule has 1 aliphatic rings. The summed E-state index contributed by atoms with van der Waals surface area (Å²) in [5, 5.41) is 1.10. The average Bonchev–Trinajstić information content (AvgIpc) is 2.27. The summed E-state index contributed by atoms with van der Waals surface area (Å²) in [6.45, 7) is 4.21. The highest BCUT2D eigenvalue weighted by Crippen LogP contribution is 2.36. The van der Waals surface area contributed by atoms with Gasteiger partial charge >= 0.3 is 0 Å². The van der Waals surface area contributed by atoms with Crippen LogP contribution in [0.4, 0.5) is 0 Å². The smallest absolute Gasteiger partial charge is 0.248 e. The van der Waals surface area contributed by atoms with Gasteiger partial charge in [0.15, 0.2) is 0 Å². The predicted octanol–water partition coefficient (Wildman–Crippen LogP) is 2.63. The molecule has 0 fully saturated rings. The van der Waals surface area contributed by atoms with Crippen molar-refractivity contribution in [2.45, 2.75) is 32.3 Å². The highest BCUT2D eigenvalue weighted by Gasteiger charge is 2.27. The molecule has 1 aliphatic heterocycles. The van der Waals surface area contributed by atoms with E-state index >= 15 is 0 Å². The summed E-state index contributed by atoms with van der Waals surface area (Å²) < 4.78 is 5.97. The van der Waals surface area contributed by atoms with E-state index in [0.717, 1.165) is 29.5 Å². The second kappa shape index (κ2) is 3.36. The lowest BCUT2D eigenvalue weighted by Crippen LogP contribution is -2.32. The van der Waals surface area contributed by atoms with E-state index in [1.165, 1.54) is 5.56 Å². The van der Waals surface area contributed by atoms with Gasteiger partial charge in [-0.05, 0) is 44.9 Å². The molecule has 2 aromatic rings. The minimum atomic E-state index is -0.0944. The van der Waals surface area contributed by atoms with Crippen LogP contribution in [0.15, 0.2) is 29.1 Å². The van der Waals surface area contributed by atoms with E-state index in [1.54, 1.807) is 6.07 Å². The van der Waals surface area contributed by atoms with Gasteiger partial charge < -0.3 is 9.72 Å². The van der Waals surface area contributed by atoms with Gasteiger partial charge in [-0.25, -0.2) is 0 Å². The third-order valence-electron chi connectivity index (χ3n) is 3.34. The Morgan fingerprint density at radius 1 is 1.24 bits per heavy atom. The van der Waals surface area contributed by atoms with Crippen LogP contribution in [0, 0.1) is 0 Å². The largest absolute Gasteiger partial charge is 0.488 e. The molecule has 0 saturated carbocycles. The Hall–Kier alpha value is -1.77. The van der Waals surface area contributed by atoms with Crippen molar-refractivity contribution in [2.24, 2.45) is 0 Å². The van der Waals surface area contributed by atoms with Crippen LogP contribution in [0.3, 0.4) is 0 Å². The molecule has 0 saturated heterocycles. The number of nitrogens with one attached hydrogen (secondary N) is 1. The minimum absolute atomic E-state index is 0.0606. The van der Waals surface area contributed by atoms with Crippen LogP contribution in [0.25, 0.3) is 10.9 Å². The van der Waals surface area contributed by atoms with Crippen LogP contribution in [0.5, 0.6) is 5.75 Å². The van der Waals surface area contributed by atoms with Gasteiger partial charge in [0.05, 0.1) is 0 Å². The molecule has 3 rings (SSSR count). The molecule has 0 radical (unpaired) electrons. The third kappa shape index (κ3) is 1.71. The Morgan fingerprint density at radius 2 is 2.06 bits per heavy atom. The number of ether oxygens (including phenoxy) is 1. The fraction of sp³-hybridized carbons (Fsp3) is 0.357. The Kier molecular flexibility index (Phi) is 2.05. The molecule has 1 N–H and O–H groups in total. The van der Waals surface area contributed by atoms with Crippen LogP contribution >= 0.6 is 0 Å². The van der Waals surface area contributed by atoms with Crippen molar-refractivity contribution in [3.8, 4) is 5.75 Å². The average molecular weight is 229 g/mol. The first-order valence-corrected chi connectivity index (χ1v) is 5.89. The lowest BCUT2D eigenvalue weighted by atomic mass is 9.92. The summed E-state index contributed by atoms with van der Waals surface area (Å²) in [7, 11) is 0. The first-order chi connectivity index (χ1) is 8.05. The number of aromatic nitrogens is 1. The van der Waals surface area contributed by atoms with Crippen molar-refractivity contribution in [1.82, 2.24) is 4.98 Å². The van der Waals surface area contributed by atoms with Crippen molar-refractivity contribution in [1.29, 1.82) is 0 Å². The van der Waals surface area contributed by atoms with E-state index in [-0.39, 0.29) is 11.2 Å². The van der Waals surface area contributed by atoms with E-state index in [0.29, 0.717) is 0 Å². The summed E-state index contributed by atoms with van der Waals surface area (Å²) in [5.74, 6) is 0.945. The molecule has 0 spiro atoms. The maximum absolute atomic E-state index is 11.3. The van der Waals surface area contributed by atoms with Crippen molar-refractivity contribution >= 4 is 10.9 Å². The first-order valence-electron chi connectivity index (χ1n) is 5.89. The molecule has 1 aromatic heterocycles. The number of benzene rings is 1. The highest BCUT2D eigenvalue weighted by molar-refractivity contribution is 5.84. The second-order valence-electron chi connectivity index (χ2n) is 5.19. The fourth-order valence-corrected chi connectivity index (χ4v) is 2.41. The Morgan fingerprint density at radius 3 is 2.88 bits per heavy atom. The van der Waals surface area contributed by atoms with E-state index in [9.17, 15) is 4.79 Å². The summed E-state index contributed by atoms with van der Waals surface area (Å²) in [6.07, 6.45) is 1.99. The molecule has 88 valence electrons. The normalized spacial score (nSPS) is 17.5. The number of aromatic amines is 1. The van der Waals surface area contributed by atoms with Gasteiger partial charge in [0.2, 0.25) is 5.56 Å². The molecule has 0 amide bonds. The van der Waals surface area contributed by atoms with Crippen LogP contribution < -0.4 is 10.3 Å². The van der Waals surface area contributed by atoms with E-state index in [2.05, 4.69) is 18.8 Å². The second-order valence-corrected chi connectivity index (χ2v) is 5.19. The molecule has 1 aromatic carbocycles. The van der Waals surface area contributed by atoms with Crippen molar-refractivity contribution in [2.75, 3.05) is 0 Å². The van der Waals surface area contributed by atoms with E-state index in [4.69, 9.17) is 4.74 Å². The van der Waals surface area contributed by atoms with Gasteiger partial charge in [-0.1, -0.05) is 0 Å². The molecule has 0 unspecified atom stereocenters. The predicted molar refractivity (Wildman–Crippen MR) is 67.6 cm³/mol. The van der Waals surface area contributed by atoms with Crippen molar-refractivity contribution < 1.29 is 4.74 Å². The van der Waals surface area contributed by atoms with Gasteiger partial charge in [-0.15, -0.1) is 0 Å². The van der Waals surface area contributed by atoms with Crippen molar-refractivity contribution in [3.05, 3.63) is 40.2 Å². The number of pyridine rings is 1. The summed E-state index contributed by atoms with van der Waals surface area (Å²) in [5.41, 5.74) is 1.94. The Balaban J connectivity index is 2.24. The maximum atomic E-state index is 11.3. The molecule has 0 aliphatic carbocycles. The standard InChI is InChI=1S/C14H15NO2/c1-14(2)8-7-10-9-3-6-13(16)15-11(9)4-5-12(10)17-14/h3-6H,7-8H2,1-2H3,(H,15,16). The molecule has 3 nitrogen and oxygen atoms in total. The number of hydrogen-bond donors (Lipinski definition) is 1. The van der Waals surface area contributed by atoms with Gasteiger partial charge in [-0.3, -0.25) is 4.79 Å². The molecule has 17 heavy (non-hydrogen) atoms. The van der Waals surface area contributed by atoms with Crippen LogP contribution in [0.1, 0.15) is 25.8 Å². The zero-order valence-electron chi connectivity index (χ0n) is 10.0. The molecular weight excluding hydrogens is 214 g/mol. The van der Waals surface area contributed by atoms with Crippen molar-refractivity contribution in [3.63, 3.8) is 0 Å². The van der Waals surface area contributed by atoms with Crippen LogP contribution in [-0.4, -0.2) is 10.6 Å². The lowest BCUT2D eigenvalue weighted by Gasteiger charge is -2.33. The number of fused-ring (bicyclic) bond motifs is 3. The molecule has 3 heteroatoms. The zero-order valence-corrected chi connectivity index (χ0v) is 10.0. The summed E-state index contributed by atoms with van der Waals surface area (Å²) in [4.78, 5) is 14.1. The monoisotopic (exact) mass is 229 g/mol. The molecule has 0 bridgehead atoms. The quantitative estimate of drug-likeness (QED) is 0.754. The fourth-order valence-electron chi connectivity index (χ4n) is 2.41. The minimum Gasteiger partial charge on any atom is -0.488 e. The molecule has 2 heterocycles. The SMILES string of the molecule is CC1(C)CCc2c(ccc3[nH]c(=O)ccc23)O1. The number of rotatable bonds is 0. The van der Waals surface area contributed by atoms with E-state index < -0.39 is 0 Å². The summed E-state index contributed by atoms with van der Waals surface area (Å²) >= 11 is 0. The zero-order chi connectivity index (χ0) is 12.0.